The minimum absolute atomic E-state index is 0.0122. The molecule has 6 nitrogen and oxygen atoms in total. The molecule has 2 rings (SSSR count). The Hall–Kier alpha value is -1.40. The second kappa shape index (κ2) is 5.29. The lowest BCUT2D eigenvalue weighted by Crippen LogP contribution is -2.30. The summed E-state index contributed by atoms with van der Waals surface area (Å²) in [6.45, 7) is 2.48. The van der Waals surface area contributed by atoms with Crippen molar-refractivity contribution in [1.82, 2.24) is 10.2 Å². The van der Waals surface area contributed by atoms with Gasteiger partial charge in [0.1, 0.15) is 11.9 Å². The summed E-state index contributed by atoms with van der Waals surface area (Å²) in [6, 6.07) is 0. The second-order valence-electron chi connectivity index (χ2n) is 4.17. The molecule has 4 N–H and O–H groups in total. The highest BCUT2D eigenvalue weighted by Crippen LogP contribution is 2.21. The molecular formula is C11H18N4O2. The van der Waals surface area contributed by atoms with Crippen molar-refractivity contribution in [2.24, 2.45) is 5.73 Å². The van der Waals surface area contributed by atoms with Gasteiger partial charge in [-0.05, 0) is 19.3 Å². The fourth-order valence-electron chi connectivity index (χ4n) is 1.96. The van der Waals surface area contributed by atoms with Crippen molar-refractivity contribution < 1.29 is 9.53 Å². The van der Waals surface area contributed by atoms with Gasteiger partial charge in [-0.2, -0.15) is 5.10 Å². The van der Waals surface area contributed by atoms with Gasteiger partial charge in [-0.15, -0.1) is 0 Å². The third kappa shape index (κ3) is 2.65. The molecule has 1 aliphatic rings. The Morgan fingerprint density at radius 1 is 1.71 bits per heavy atom. The molecule has 1 aromatic heterocycles. The maximum atomic E-state index is 11.9. The summed E-state index contributed by atoms with van der Waals surface area (Å²) in [7, 11) is 0. The molecule has 0 radical (unpaired) electrons. The summed E-state index contributed by atoms with van der Waals surface area (Å²) >= 11 is 0. The first-order chi connectivity index (χ1) is 8.24. The van der Waals surface area contributed by atoms with Gasteiger partial charge in [-0.1, -0.05) is 6.92 Å². The van der Waals surface area contributed by atoms with Crippen LogP contribution in [0.4, 0.5) is 5.82 Å². The van der Waals surface area contributed by atoms with Gasteiger partial charge in [0.2, 0.25) is 0 Å². The molecule has 1 saturated heterocycles. The van der Waals surface area contributed by atoms with Crippen LogP contribution in [-0.2, 0) is 16.0 Å². The lowest BCUT2D eigenvalue weighted by atomic mass is 10.2. The Kier molecular flexibility index (Phi) is 3.75. The number of ether oxygens (including phenoxy) is 1. The molecule has 17 heavy (non-hydrogen) atoms. The molecule has 2 atom stereocenters. The minimum Gasteiger partial charge on any atom is -0.364 e. The number of rotatable bonds is 4. The molecule has 0 bridgehead atoms. The number of nitrogens with zero attached hydrogens (tertiary/aromatic N) is 1. The summed E-state index contributed by atoms with van der Waals surface area (Å²) < 4.78 is 5.52. The van der Waals surface area contributed by atoms with Crippen LogP contribution in [0, 0.1) is 0 Å². The van der Waals surface area contributed by atoms with E-state index in [2.05, 4.69) is 15.5 Å². The van der Waals surface area contributed by atoms with E-state index in [-0.39, 0.29) is 12.0 Å². The van der Waals surface area contributed by atoms with Gasteiger partial charge in [-0.25, -0.2) is 0 Å². The number of aromatic nitrogens is 2. The lowest BCUT2D eigenvalue weighted by Gasteiger charge is -2.12. The molecule has 0 saturated carbocycles. The van der Waals surface area contributed by atoms with Crippen LogP contribution < -0.4 is 11.1 Å². The van der Waals surface area contributed by atoms with Crippen molar-refractivity contribution in [3.63, 3.8) is 0 Å². The zero-order valence-electron chi connectivity index (χ0n) is 9.90. The molecule has 1 aliphatic heterocycles. The summed E-state index contributed by atoms with van der Waals surface area (Å²) in [4.78, 5) is 11.9. The van der Waals surface area contributed by atoms with Crippen LogP contribution in [0.1, 0.15) is 25.3 Å². The largest absolute Gasteiger partial charge is 0.364 e. The number of H-pyrrole nitrogens is 1. The second-order valence-corrected chi connectivity index (χ2v) is 4.17. The van der Waals surface area contributed by atoms with Gasteiger partial charge in [0, 0.05) is 12.1 Å². The highest BCUT2D eigenvalue weighted by Gasteiger charge is 2.30. The van der Waals surface area contributed by atoms with Crippen molar-refractivity contribution in [2.75, 3.05) is 11.9 Å². The molecule has 94 valence electrons. The van der Waals surface area contributed by atoms with E-state index in [1.165, 1.54) is 0 Å². The lowest BCUT2D eigenvalue weighted by molar-refractivity contribution is -0.126. The van der Waals surface area contributed by atoms with E-state index in [1.807, 2.05) is 6.92 Å². The van der Waals surface area contributed by atoms with Gasteiger partial charge >= 0.3 is 0 Å². The number of carbonyl (C=O) groups is 1. The SMILES string of the molecule is CCc1cn[nH]c1NC(=O)C1CCC(CN)O1. The topological polar surface area (TPSA) is 93.0 Å². The van der Waals surface area contributed by atoms with Crippen LogP contribution >= 0.6 is 0 Å². The first-order valence-electron chi connectivity index (χ1n) is 5.93. The number of aromatic amines is 1. The van der Waals surface area contributed by atoms with Gasteiger partial charge in [0.05, 0.1) is 12.3 Å². The summed E-state index contributed by atoms with van der Waals surface area (Å²) in [5, 5.41) is 9.48. The standard InChI is InChI=1S/C11H18N4O2/c1-2-7-6-13-15-10(7)14-11(16)9-4-3-8(5-12)17-9/h6,8-9H,2-5,12H2,1H3,(H2,13,14,15,16). The molecule has 2 unspecified atom stereocenters. The van der Waals surface area contributed by atoms with Crippen molar-refractivity contribution >= 4 is 11.7 Å². The number of nitrogens with two attached hydrogens (primary N) is 1. The smallest absolute Gasteiger partial charge is 0.254 e. The number of amides is 1. The number of carbonyl (C=O) groups excluding carboxylic acids is 1. The Morgan fingerprint density at radius 2 is 2.53 bits per heavy atom. The predicted octanol–water partition coefficient (Wildman–Crippen LogP) is 0.417. The summed E-state index contributed by atoms with van der Waals surface area (Å²) in [5.41, 5.74) is 6.50. The van der Waals surface area contributed by atoms with E-state index >= 15 is 0 Å². The monoisotopic (exact) mass is 238 g/mol. The average molecular weight is 238 g/mol. The third-order valence-electron chi connectivity index (χ3n) is 3.01. The number of nitrogens with one attached hydrogen (secondary N) is 2. The Bertz CT molecular complexity index is 391. The average Bonchev–Trinajstić information content (AvgIpc) is 2.96. The predicted molar refractivity (Wildman–Crippen MR) is 63.5 cm³/mol. The quantitative estimate of drug-likeness (QED) is 0.708. The Labute approximate surface area is 99.9 Å². The van der Waals surface area contributed by atoms with Crippen molar-refractivity contribution in [1.29, 1.82) is 0 Å². The normalized spacial score (nSPS) is 23.9. The van der Waals surface area contributed by atoms with Gasteiger partial charge in [0.15, 0.2) is 0 Å². The zero-order valence-corrected chi connectivity index (χ0v) is 9.90. The molecule has 2 heterocycles. The van der Waals surface area contributed by atoms with Gasteiger partial charge in [-0.3, -0.25) is 9.89 Å². The Balaban J connectivity index is 1.93. The first-order valence-corrected chi connectivity index (χ1v) is 5.93. The van der Waals surface area contributed by atoms with Crippen molar-refractivity contribution in [3.8, 4) is 0 Å². The number of anilines is 1. The number of hydrogen-bond acceptors (Lipinski definition) is 4. The van der Waals surface area contributed by atoms with Gasteiger partial charge in [0.25, 0.3) is 5.91 Å². The summed E-state index contributed by atoms with van der Waals surface area (Å²) in [6.07, 6.45) is 3.73. The number of hydrogen-bond donors (Lipinski definition) is 3. The molecule has 0 aliphatic carbocycles. The van der Waals surface area contributed by atoms with Crippen LogP contribution in [0.3, 0.4) is 0 Å². The highest BCUT2D eigenvalue weighted by atomic mass is 16.5. The zero-order chi connectivity index (χ0) is 12.3. The molecular weight excluding hydrogens is 220 g/mol. The van der Waals surface area contributed by atoms with E-state index in [1.54, 1.807) is 6.20 Å². The highest BCUT2D eigenvalue weighted by molar-refractivity contribution is 5.94. The van der Waals surface area contributed by atoms with Crippen LogP contribution in [0.25, 0.3) is 0 Å². The van der Waals surface area contributed by atoms with Crippen LogP contribution in [0.15, 0.2) is 6.20 Å². The Morgan fingerprint density at radius 3 is 3.18 bits per heavy atom. The minimum atomic E-state index is -0.392. The molecule has 0 spiro atoms. The molecule has 1 aromatic rings. The van der Waals surface area contributed by atoms with Crippen molar-refractivity contribution in [2.45, 2.75) is 38.4 Å². The fraction of sp³-hybridized carbons (Fsp3) is 0.636. The van der Waals surface area contributed by atoms with Crippen LogP contribution in [0.5, 0.6) is 0 Å². The van der Waals surface area contributed by atoms with E-state index in [0.29, 0.717) is 12.4 Å². The van der Waals surface area contributed by atoms with Crippen LogP contribution in [-0.4, -0.2) is 34.9 Å². The fourth-order valence-corrected chi connectivity index (χ4v) is 1.96. The first kappa shape index (κ1) is 12.1. The molecule has 1 amide bonds. The van der Waals surface area contributed by atoms with Crippen molar-refractivity contribution in [3.05, 3.63) is 11.8 Å². The van der Waals surface area contributed by atoms with Gasteiger partial charge < -0.3 is 15.8 Å². The molecule has 0 aromatic carbocycles. The molecule has 1 fully saturated rings. The van der Waals surface area contributed by atoms with E-state index < -0.39 is 6.10 Å². The third-order valence-corrected chi connectivity index (χ3v) is 3.01. The maximum absolute atomic E-state index is 11.9. The van der Waals surface area contributed by atoms with E-state index in [4.69, 9.17) is 10.5 Å². The van der Waals surface area contributed by atoms with Crippen LogP contribution in [0.2, 0.25) is 0 Å². The van der Waals surface area contributed by atoms with E-state index in [9.17, 15) is 4.79 Å². The maximum Gasteiger partial charge on any atom is 0.254 e. The summed E-state index contributed by atoms with van der Waals surface area (Å²) in [5.74, 6) is 0.539. The van der Waals surface area contributed by atoms with E-state index in [0.717, 1.165) is 24.8 Å². The number of aryl methyl sites for hydroxylation is 1. The molecule has 6 heteroatoms.